The summed E-state index contributed by atoms with van der Waals surface area (Å²) in [6.07, 6.45) is 2.12. The van der Waals surface area contributed by atoms with E-state index in [0.717, 1.165) is 36.2 Å². The summed E-state index contributed by atoms with van der Waals surface area (Å²) in [6.45, 7) is 8.04. The molecule has 0 spiro atoms. The first-order chi connectivity index (χ1) is 13.5. The predicted octanol–water partition coefficient (Wildman–Crippen LogP) is 5.27. The number of rotatable bonds is 8. The van der Waals surface area contributed by atoms with Crippen molar-refractivity contribution in [2.24, 2.45) is 5.92 Å². The highest BCUT2D eigenvalue weighted by Crippen LogP contribution is 2.20. The van der Waals surface area contributed by atoms with Crippen molar-refractivity contribution in [3.05, 3.63) is 65.7 Å². The number of carbonyl (C=O) groups is 1. The van der Waals surface area contributed by atoms with Crippen molar-refractivity contribution in [1.29, 1.82) is 0 Å². The molecule has 0 unspecified atom stereocenters. The summed E-state index contributed by atoms with van der Waals surface area (Å²) in [5, 5.41) is 0. The Labute approximate surface area is 166 Å². The van der Waals surface area contributed by atoms with Gasteiger partial charge in [-0.2, -0.15) is 0 Å². The number of aryl methyl sites for hydroxylation is 1. The standard InChI is InChI=1S/C23H28FN3O/c1-4-5-14-27-21-13-9-8-12-20(21)25-22(27)16-26(15-17(2)3)23(28)18-10-6-7-11-19(18)24/h6-13,17H,4-5,14-16H2,1-3H3. The zero-order valence-electron chi connectivity index (χ0n) is 16.9. The van der Waals surface area contributed by atoms with Crippen LogP contribution in [0.25, 0.3) is 11.0 Å². The third-order valence-corrected chi connectivity index (χ3v) is 4.78. The van der Waals surface area contributed by atoms with Crippen LogP contribution in [-0.2, 0) is 13.1 Å². The van der Waals surface area contributed by atoms with Gasteiger partial charge in [0.15, 0.2) is 0 Å². The Balaban J connectivity index is 1.97. The van der Waals surface area contributed by atoms with E-state index in [0.29, 0.717) is 13.1 Å². The summed E-state index contributed by atoms with van der Waals surface area (Å²) >= 11 is 0. The van der Waals surface area contributed by atoms with Gasteiger partial charge in [-0.1, -0.05) is 51.5 Å². The van der Waals surface area contributed by atoms with E-state index in [-0.39, 0.29) is 17.4 Å². The van der Waals surface area contributed by atoms with E-state index in [2.05, 4.69) is 31.4 Å². The van der Waals surface area contributed by atoms with E-state index in [1.165, 1.54) is 6.07 Å². The van der Waals surface area contributed by atoms with Gasteiger partial charge in [-0.3, -0.25) is 4.79 Å². The van der Waals surface area contributed by atoms with Crippen LogP contribution < -0.4 is 0 Å². The molecule has 1 heterocycles. The van der Waals surface area contributed by atoms with Crippen molar-refractivity contribution in [1.82, 2.24) is 14.5 Å². The largest absolute Gasteiger partial charge is 0.331 e. The van der Waals surface area contributed by atoms with Crippen molar-refractivity contribution in [2.45, 2.75) is 46.7 Å². The first-order valence-electron chi connectivity index (χ1n) is 9.99. The molecular formula is C23H28FN3O. The van der Waals surface area contributed by atoms with Crippen molar-refractivity contribution in [2.75, 3.05) is 6.54 Å². The van der Waals surface area contributed by atoms with E-state index >= 15 is 0 Å². The molecule has 148 valence electrons. The summed E-state index contributed by atoms with van der Waals surface area (Å²) < 4.78 is 16.4. The zero-order valence-corrected chi connectivity index (χ0v) is 16.9. The van der Waals surface area contributed by atoms with Gasteiger partial charge in [0.1, 0.15) is 11.6 Å². The van der Waals surface area contributed by atoms with Crippen molar-refractivity contribution in [3.63, 3.8) is 0 Å². The first-order valence-corrected chi connectivity index (χ1v) is 9.99. The molecular weight excluding hydrogens is 353 g/mol. The van der Waals surface area contributed by atoms with E-state index in [4.69, 9.17) is 4.98 Å². The first kappa shape index (κ1) is 20.1. The molecule has 5 heteroatoms. The number of amides is 1. The van der Waals surface area contributed by atoms with Gasteiger partial charge in [0, 0.05) is 13.1 Å². The summed E-state index contributed by atoms with van der Waals surface area (Å²) in [4.78, 5) is 19.6. The number of nitrogens with zero attached hydrogens (tertiary/aromatic N) is 3. The van der Waals surface area contributed by atoms with Gasteiger partial charge in [-0.15, -0.1) is 0 Å². The van der Waals surface area contributed by atoms with Crippen LogP contribution in [0.5, 0.6) is 0 Å². The molecule has 0 atom stereocenters. The molecule has 0 saturated carbocycles. The highest BCUT2D eigenvalue weighted by Gasteiger charge is 2.22. The van der Waals surface area contributed by atoms with Crippen LogP contribution in [0, 0.1) is 11.7 Å². The molecule has 0 aliphatic rings. The number of para-hydroxylation sites is 2. The average molecular weight is 381 g/mol. The molecule has 2 aromatic carbocycles. The lowest BCUT2D eigenvalue weighted by Crippen LogP contribution is -2.35. The fourth-order valence-corrected chi connectivity index (χ4v) is 3.45. The Bertz CT molecular complexity index is 948. The lowest BCUT2D eigenvalue weighted by molar-refractivity contribution is 0.0711. The quantitative estimate of drug-likeness (QED) is 0.533. The molecule has 0 aliphatic heterocycles. The Morgan fingerprint density at radius 3 is 2.57 bits per heavy atom. The van der Waals surface area contributed by atoms with Crippen molar-refractivity contribution in [3.8, 4) is 0 Å². The second-order valence-corrected chi connectivity index (χ2v) is 7.58. The number of carbonyl (C=O) groups excluding carboxylic acids is 1. The molecule has 0 aliphatic carbocycles. The summed E-state index contributed by atoms with van der Waals surface area (Å²) in [5.74, 6) is 0.339. The minimum Gasteiger partial charge on any atom is -0.331 e. The maximum Gasteiger partial charge on any atom is 0.257 e. The Morgan fingerprint density at radius 1 is 1.14 bits per heavy atom. The fourth-order valence-electron chi connectivity index (χ4n) is 3.45. The molecule has 0 fully saturated rings. The van der Waals surface area contributed by atoms with Gasteiger partial charge in [-0.05, 0) is 36.6 Å². The number of halogens is 1. The monoisotopic (exact) mass is 381 g/mol. The SMILES string of the molecule is CCCCn1c(CN(CC(C)C)C(=O)c2ccccc2F)nc2ccccc21. The number of imidazole rings is 1. The molecule has 0 radical (unpaired) electrons. The maximum absolute atomic E-state index is 14.2. The van der Waals surface area contributed by atoms with Crippen LogP contribution in [0.4, 0.5) is 4.39 Å². The van der Waals surface area contributed by atoms with E-state index < -0.39 is 5.82 Å². The van der Waals surface area contributed by atoms with Crippen LogP contribution in [0.3, 0.4) is 0 Å². The van der Waals surface area contributed by atoms with E-state index in [1.807, 2.05) is 18.2 Å². The maximum atomic E-state index is 14.2. The molecule has 0 bridgehead atoms. The third-order valence-electron chi connectivity index (χ3n) is 4.78. The molecule has 3 aromatic rings. The lowest BCUT2D eigenvalue weighted by atomic mass is 10.1. The number of hydrogen-bond acceptors (Lipinski definition) is 2. The minimum absolute atomic E-state index is 0.111. The van der Waals surface area contributed by atoms with Gasteiger partial charge in [0.25, 0.3) is 5.91 Å². The van der Waals surface area contributed by atoms with Crippen LogP contribution in [0.2, 0.25) is 0 Å². The molecule has 1 amide bonds. The Hall–Kier alpha value is -2.69. The second kappa shape index (κ2) is 9.00. The summed E-state index contributed by atoms with van der Waals surface area (Å²) in [5.41, 5.74) is 2.12. The van der Waals surface area contributed by atoms with Crippen molar-refractivity contribution < 1.29 is 9.18 Å². The highest BCUT2D eigenvalue weighted by molar-refractivity contribution is 5.94. The zero-order chi connectivity index (χ0) is 20.1. The summed E-state index contributed by atoms with van der Waals surface area (Å²) in [7, 11) is 0. The van der Waals surface area contributed by atoms with Gasteiger partial charge < -0.3 is 9.47 Å². The van der Waals surface area contributed by atoms with Crippen molar-refractivity contribution >= 4 is 16.9 Å². The molecule has 4 nitrogen and oxygen atoms in total. The number of unbranched alkanes of at least 4 members (excludes halogenated alkanes) is 1. The molecule has 0 saturated heterocycles. The summed E-state index contributed by atoms with van der Waals surface area (Å²) in [6, 6.07) is 14.2. The number of benzene rings is 2. The van der Waals surface area contributed by atoms with Gasteiger partial charge in [0.05, 0.1) is 23.1 Å². The fraction of sp³-hybridized carbons (Fsp3) is 0.391. The third kappa shape index (κ3) is 4.41. The second-order valence-electron chi connectivity index (χ2n) is 7.58. The van der Waals surface area contributed by atoms with E-state index in [9.17, 15) is 9.18 Å². The van der Waals surface area contributed by atoms with Gasteiger partial charge >= 0.3 is 0 Å². The molecule has 1 aromatic heterocycles. The van der Waals surface area contributed by atoms with E-state index in [1.54, 1.807) is 23.1 Å². The molecule has 28 heavy (non-hydrogen) atoms. The highest BCUT2D eigenvalue weighted by atomic mass is 19.1. The average Bonchev–Trinajstić information content (AvgIpc) is 3.02. The Kier molecular flexibility index (Phi) is 6.45. The topological polar surface area (TPSA) is 38.1 Å². The normalized spacial score (nSPS) is 11.3. The van der Waals surface area contributed by atoms with Crippen LogP contribution in [0.1, 0.15) is 49.8 Å². The lowest BCUT2D eigenvalue weighted by Gasteiger charge is -2.25. The van der Waals surface area contributed by atoms with Gasteiger partial charge in [-0.25, -0.2) is 9.37 Å². The Morgan fingerprint density at radius 2 is 1.86 bits per heavy atom. The molecule has 0 N–H and O–H groups in total. The minimum atomic E-state index is -0.485. The van der Waals surface area contributed by atoms with Crippen LogP contribution in [-0.4, -0.2) is 26.9 Å². The number of hydrogen-bond donors (Lipinski definition) is 0. The molecule has 3 rings (SSSR count). The number of aromatic nitrogens is 2. The van der Waals surface area contributed by atoms with Crippen LogP contribution in [0.15, 0.2) is 48.5 Å². The van der Waals surface area contributed by atoms with Crippen LogP contribution >= 0.6 is 0 Å². The predicted molar refractivity (Wildman–Crippen MR) is 111 cm³/mol. The smallest absolute Gasteiger partial charge is 0.257 e. The number of fused-ring (bicyclic) bond motifs is 1. The van der Waals surface area contributed by atoms with Gasteiger partial charge in [0.2, 0.25) is 0 Å².